The lowest BCUT2D eigenvalue weighted by molar-refractivity contribution is -0.277. The van der Waals surface area contributed by atoms with E-state index in [-0.39, 0.29) is 5.41 Å². The Morgan fingerprint density at radius 3 is 2.26 bits per heavy atom. The molecule has 1 fully saturated rings. The van der Waals surface area contributed by atoms with E-state index in [2.05, 4.69) is 13.0 Å². The van der Waals surface area contributed by atoms with Gasteiger partial charge in [-0.3, -0.25) is 0 Å². The molecule has 0 amide bonds. The molecule has 0 radical (unpaired) electrons. The summed E-state index contributed by atoms with van der Waals surface area (Å²) in [7, 11) is 5.05. The first kappa shape index (κ1) is 14.3. The summed E-state index contributed by atoms with van der Waals surface area (Å²) in [5, 5.41) is 0. The second-order valence-corrected chi connectivity index (χ2v) is 5.36. The number of hydrogen-bond acceptors (Lipinski definition) is 4. The fourth-order valence-corrected chi connectivity index (χ4v) is 3.03. The summed E-state index contributed by atoms with van der Waals surface area (Å²) in [6.45, 7) is 2.63. The standard InChI is InChI=1S/C15H23NO3/c1-11-5-6-13(17-2)12(7-11)14(10-16)8-15(9-14,18-3)19-4/h5-7H,8-10,16H2,1-4H3. The third kappa shape index (κ3) is 2.24. The SMILES string of the molecule is COc1ccc(C)cc1C1(CN)CC(OC)(OC)C1. The summed E-state index contributed by atoms with van der Waals surface area (Å²) in [6, 6.07) is 6.20. The first-order chi connectivity index (χ1) is 9.04. The van der Waals surface area contributed by atoms with Gasteiger partial charge in [-0.25, -0.2) is 0 Å². The van der Waals surface area contributed by atoms with Gasteiger partial charge in [0, 0.05) is 44.6 Å². The van der Waals surface area contributed by atoms with Crippen molar-refractivity contribution in [1.82, 2.24) is 0 Å². The summed E-state index contributed by atoms with van der Waals surface area (Å²) in [6.07, 6.45) is 1.51. The zero-order valence-electron chi connectivity index (χ0n) is 12.2. The van der Waals surface area contributed by atoms with Crippen LogP contribution in [0.2, 0.25) is 0 Å². The molecule has 1 aromatic rings. The molecule has 0 heterocycles. The molecule has 2 rings (SSSR count). The van der Waals surface area contributed by atoms with Gasteiger partial charge >= 0.3 is 0 Å². The maximum absolute atomic E-state index is 6.04. The fraction of sp³-hybridized carbons (Fsp3) is 0.600. The van der Waals surface area contributed by atoms with E-state index >= 15 is 0 Å². The highest BCUT2D eigenvalue weighted by molar-refractivity contribution is 5.45. The van der Waals surface area contributed by atoms with E-state index in [0.717, 1.165) is 24.2 Å². The van der Waals surface area contributed by atoms with E-state index in [0.29, 0.717) is 6.54 Å². The molecule has 0 saturated heterocycles. The van der Waals surface area contributed by atoms with E-state index < -0.39 is 5.79 Å². The lowest BCUT2D eigenvalue weighted by Crippen LogP contribution is -2.60. The van der Waals surface area contributed by atoms with Crippen LogP contribution in [-0.4, -0.2) is 33.7 Å². The number of nitrogens with two attached hydrogens (primary N) is 1. The Kier molecular flexibility index (Phi) is 3.85. The molecular formula is C15H23NO3. The lowest BCUT2D eigenvalue weighted by atomic mass is 9.60. The highest BCUT2D eigenvalue weighted by Gasteiger charge is 2.57. The minimum Gasteiger partial charge on any atom is -0.496 e. The van der Waals surface area contributed by atoms with E-state index in [1.165, 1.54) is 5.56 Å². The van der Waals surface area contributed by atoms with Crippen molar-refractivity contribution in [1.29, 1.82) is 0 Å². The van der Waals surface area contributed by atoms with Crippen molar-refractivity contribution in [3.05, 3.63) is 29.3 Å². The Morgan fingerprint density at radius 1 is 1.16 bits per heavy atom. The van der Waals surface area contributed by atoms with E-state index in [1.54, 1.807) is 21.3 Å². The Hall–Kier alpha value is -1.10. The Balaban J connectivity index is 2.37. The Morgan fingerprint density at radius 2 is 1.79 bits per heavy atom. The van der Waals surface area contributed by atoms with Crippen molar-refractivity contribution >= 4 is 0 Å². The number of benzene rings is 1. The topological polar surface area (TPSA) is 53.7 Å². The Bertz CT molecular complexity index is 447. The number of methoxy groups -OCH3 is 3. The van der Waals surface area contributed by atoms with Gasteiger partial charge in [0.05, 0.1) is 7.11 Å². The quantitative estimate of drug-likeness (QED) is 0.827. The fourth-order valence-electron chi connectivity index (χ4n) is 3.03. The third-order valence-electron chi connectivity index (χ3n) is 4.28. The zero-order valence-corrected chi connectivity index (χ0v) is 12.2. The molecule has 0 bridgehead atoms. The largest absolute Gasteiger partial charge is 0.496 e. The average molecular weight is 265 g/mol. The monoisotopic (exact) mass is 265 g/mol. The minimum absolute atomic E-state index is 0.122. The molecule has 0 aliphatic heterocycles. The molecule has 19 heavy (non-hydrogen) atoms. The van der Waals surface area contributed by atoms with Gasteiger partial charge in [0.15, 0.2) is 5.79 Å². The summed E-state index contributed by atoms with van der Waals surface area (Å²) < 4.78 is 16.5. The van der Waals surface area contributed by atoms with E-state index in [1.807, 2.05) is 12.1 Å². The van der Waals surface area contributed by atoms with Gasteiger partial charge in [-0.1, -0.05) is 17.7 Å². The number of ether oxygens (including phenoxy) is 3. The smallest absolute Gasteiger partial charge is 0.169 e. The van der Waals surface area contributed by atoms with Crippen LogP contribution in [-0.2, 0) is 14.9 Å². The molecule has 1 saturated carbocycles. The van der Waals surface area contributed by atoms with Crippen molar-refractivity contribution in [3.8, 4) is 5.75 Å². The number of rotatable bonds is 5. The van der Waals surface area contributed by atoms with Crippen LogP contribution in [0.1, 0.15) is 24.0 Å². The van der Waals surface area contributed by atoms with Crippen LogP contribution in [0.4, 0.5) is 0 Å². The van der Waals surface area contributed by atoms with Gasteiger partial charge in [-0.05, 0) is 13.0 Å². The van der Waals surface area contributed by atoms with Crippen molar-refractivity contribution < 1.29 is 14.2 Å². The van der Waals surface area contributed by atoms with Gasteiger partial charge < -0.3 is 19.9 Å². The molecule has 0 spiro atoms. The molecule has 1 aromatic carbocycles. The summed E-state index contributed by atoms with van der Waals surface area (Å²) in [4.78, 5) is 0. The second-order valence-electron chi connectivity index (χ2n) is 5.36. The van der Waals surface area contributed by atoms with Crippen LogP contribution in [0.15, 0.2) is 18.2 Å². The molecule has 0 aromatic heterocycles. The molecule has 106 valence electrons. The normalized spacial score (nSPS) is 19.8. The zero-order chi connectivity index (χ0) is 14.1. The van der Waals surface area contributed by atoms with Crippen LogP contribution in [0, 0.1) is 6.92 Å². The second kappa shape index (κ2) is 5.12. The molecule has 4 heteroatoms. The summed E-state index contributed by atoms with van der Waals surface area (Å²) in [5.41, 5.74) is 8.28. The van der Waals surface area contributed by atoms with Gasteiger partial charge in [-0.15, -0.1) is 0 Å². The number of aryl methyl sites for hydroxylation is 1. The molecule has 2 N–H and O–H groups in total. The van der Waals surface area contributed by atoms with Crippen LogP contribution in [0.5, 0.6) is 5.75 Å². The first-order valence-corrected chi connectivity index (χ1v) is 6.50. The predicted octanol–water partition coefficient (Wildman–Crippen LogP) is 1.98. The van der Waals surface area contributed by atoms with Gasteiger partial charge in [0.25, 0.3) is 0 Å². The predicted molar refractivity (Wildman–Crippen MR) is 74.4 cm³/mol. The molecular weight excluding hydrogens is 242 g/mol. The highest BCUT2D eigenvalue weighted by Crippen LogP contribution is 2.54. The third-order valence-corrected chi connectivity index (χ3v) is 4.28. The summed E-state index contributed by atoms with van der Waals surface area (Å²) >= 11 is 0. The average Bonchev–Trinajstić information content (AvgIpc) is 2.40. The van der Waals surface area contributed by atoms with Crippen LogP contribution < -0.4 is 10.5 Å². The molecule has 0 atom stereocenters. The van der Waals surface area contributed by atoms with Crippen molar-refractivity contribution in [2.24, 2.45) is 5.73 Å². The van der Waals surface area contributed by atoms with Gasteiger partial charge in [-0.2, -0.15) is 0 Å². The van der Waals surface area contributed by atoms with Gasteiger partial charge in [0.2, 0.25) is 0 Å². The lowest BCUT2D eigenvalue weighted by Gasteiger charge is -2.54. The van der Waals surface area contributed by atoms with Crippen LogP contribution >= 0.6 is 0 Å². The maximum atomic E-state index is 6.04. The van der Waals surface area contributed by atoms with Crippen molar-refractivity contribution in [2.75, 3.05) is 27.9 Å². The van der Waals surface area contributed by atoms with E-state index in [4.69, 9.17) is 19.9 Å². The number of hydrogen-bond donors (Lipinski definition) is 1. The van der Waals surface area contributed by atoms with Gasteiger partial charge in [0.1, 0.15) is 5.75 Å². The first-order valence-electron chi connectivity index (χ1n) is 6.50. The van der Waals surface area contributed by atoms with Crippen molar-refractivity contribution in [2.45, 2.75) is 31.0 Å². The van der Waals surface area contributed by atoms with E-state index in [9.17, 15) is 0 Å². The molecule has 0 unspecified atom stereocenters. The maximum Gasteiger partial charge on any atom is 0.169 e. The molecule has 4 nitrogen and oxygen atoms in total. The van der Waals surface area contributed by atoms with Crippen LogP contribution in [0.25, 0.3) is 0 Å². The Labute approximate surface area is 114 Å². The van der Waals surface area contributed by atoms with Crippen LogP contribution in [0.3, 0.4) is 0 Å². The molecule has 1 aliphatic carbocycles. The minimum atomic E-state index is -0.506. The summed E-state index contributed by atoms with van der Waals surface area (Å²) in [5.74, 6) is 0.380. The highest BCUT2D eigenvalue weighted by atomic mass is 16.7. The molecule has 1 aliphatic rings. The van der Waals surface area contributed by atoms with Crippen molar-refractivity contribution in [3.63, 3.8) is 0 Å².